The van der Waals surface area contributed by atoms with Crippen LogP contribution in [0.25, 0.3) is 0 Å². The number of amides is 2. The molecule has 1 saturated heterocycles. The van der Waals surface area contributed by atoms with E-state index in [1.807, 2.05) is 13.8 Å². The molecule has 0 spiro atoms. The molecule has 0 aromatic heterocycles. The van der Waals surface area contributed by atoms with Gasteiger partial charge in [-0.15, -0.1) is 0 Å². The number of nitrogens with one attached hydrogen (secondary N) is 1. The van der Waals surface area contributed by atoms with Gasteiger partial charge in [-0.1, -0.05) is 33.1 Å². The highest BCUT2D eigenvalue weighted by atomic mass is 31.2. The predicted octanol–water partition coefficient (Wildman–Crippen LogP) is 1.06. The van der Waals surface area contributed by atoms with Gasteiger partial charge in [-0.25, -0.2) is 9.79 Å². The Balaban J connectivity index is 1.81. The maximum Gasteiger partial charge on any atom is 0.275 e. The molecule has 1 aliphatic heterocycles. The zero-order valence-corrected chi connectivity index (χ0v) is 18.6. The van der Waals surface area contributed by atoms with Gasteiger partial charge in [0.2, 0.25) is 11.8 Å². The van der Waals surface area contributed by atoms with Gasteiger partial charge in [0.25, 0.3) is 7.72 Å². The average molecular weight is 431 g/mol. The van der Waals surface area contributed by atoms with E-state index >= 15 is 0 Å². The molecule has 2 fully saturated rings. The Labute approximate surface area is 174 Å². The number of nitrogens with zero attached hydrogens (tertiary/aromatic N) is 1. The van der Waals surface area contributed by atoms with E-state index < -0.39 is 19.8 Å². The maximum absolute atomic E-state index is 12.5. The summed E-state index contributed by atoms with van der Waals surface area (Å²) in [5.74, 6) is -0.761. The van der Waals surface area contributed by atoms with Crippen molar-refractivity contribution < 1.29 is 24.2 Å². The lowest BCUT2D eigenvalue weighted by atomic mass is 9.91. The van der Waals surface area contributed by atoms with Crippen LogP contribution in [0.5, 0.6) is 0 Å². The highest BCUT2D eigenvalue weighted by Gasteiger charge is 2.40. The second-order valence-corrected chi connectivity index (χ2v) is 11.4. The molecule has 9 heteroatoms. The van der Waals surface area contributed by atoms with Crippen molar-refractivity contribution in [2.24, 2.45) is 17.6 Å². The third kappa shape index (κ3) is 7.28. The van der Waals surface area contributed by atoms with E-state index in [-0.39, 0.29) is 42.1 Å². The van der Waals surface area contributed by atoms with Crippen LogP contribution in [0.4, 0.5) is 0 Å². The fourth-order valence-corrected chi connectivity index (χ4v) is 6.27. The molecule has 0 unspecified atom stereocenters. The molecule has 2 rings (SSSR count). The standard InChI is InChI=1S/C20H36N3O5P/c1-14(2)18(21)20(26)23-10-6-9-17(23)19(25)22-11-16(24)13-29(27,28)12-15-7-4-3-5-8-15/h14-15,17-18,27-28H,3-13,21H2,1-2H3/p+1/t17-,18-/m0/s1. The van der Waals surface area contributed by atoms with E-state index in [0.29, 0.717) is 25.5 Å². The summed E-state index contributed by atoms with van der Waals surface area (Å²) in [6.45, 7) is 3.95. The van der Waals surface area contributed by atoms with Crippen molar-refractivity contribution in [2.45, 2.75) is 70.9 Å². The van der Waals surface area contributed by atoms with Crippen LogP contribution in [0.15, 0.2) is 0 Å². The fraction of sp³-hybridized carbons (Fsp3) is 0.850. The monoisotopic (exact) mass is 430 g/mol. The molecule has 0 aromatic carbocycles. The Kier molecular flexibility index (Phi) is 9.01. The molecule has 1 heterocycles. The number of carbonyl (C=O) groups is 3. The van der Waals surface area contributed by atoms with Crippen molar-refractivity contribution in [1.82, 2.24) is 10.2 Å². The lowest BCUT2D eigenvalue weighted by Gasteiger charge is -2.28. The molecule has 5 N–H and O–H groups in total. The summed E-state index contributed by atoms with van der Waals surface area (Å²) < 4.78 is 0. The highest BCUT2D eigenvalue weighted by Crippen LogP contribution is 2.52. The van der Waals surface area contributed by atoms with Crippen molar-refractivity contribution >= 4 is 25.3 Å². The normalized spacial score (nSPS) is 22.0. The topological polar surface area (TPSA) is 133 Å². The molecular weight excluding hydrogens is 393 g/mol. The molecule has 0 radical (unpaired) electrons. The zero-order valence-electron chi connectivity index (χ0n) is 17.7. The minimum atomic E-state index is -3.29. The maximum atomic E-state index is 12.5. The molecule has 0 aromatic rings. The lowest BCUT2D eigenvalue weighted by molar-refractivity contribution is -0.140. The SMILES string of the molecule is CC(C)[C@H](N)C(=O)N1CCC[C@H]1C(=O)NCC(=O)C[P+](O)(O)CC1CCCCC1. The van der Waals surface area contributed by atoms with Gasteiger partial charge in [0.15, 0.2) is 11.9 Å². The van der Waals surface area contributed by atoms with E-state index in [2.05, 4.69) is 5.32 Å². The van der Waals surface area contributed by atoms with Crippen molar-refractivity contribution in [3.63, 3.8) is 0 Å². The Morgan fingerprint density at radius 2 is 1.76 bits per heavy atom. The summed E-state index contributed by atoms with van der Waals surface area (Å²) in [5, 5.41) is 2.58. The van der Waals surface area contributed by atoms with Crippen LogP contribution in [0.2, 0.25) is 0 Å². The second-order valence-electron chi connectivity index (χ2n) is 8.94. The molecule has 2 atom stereocenters. The van der Waals surface area contributed by atoms with E-state index in [9.17, 15) is 24.2 Å². The number of hydrogen-bond donors (Lipinski definition) is 4. The highest BCUT2D eigenvalue weighted by molar-refractivity contribution is 7.65. The first-order valence-electron chi connectivity index (χ1n) is 10.8. The Morgan fingerprint density at radius 1 is 1.10 bits per heavy atom. The van der Waals surface area contributed by atoms with E-state index in [1.165, 1.54) is 11.3 Å². The Bertz CT molecular complexity index is 593. The molecule has 1 aliphatic carbocycles. The molecular formula is C20H37N3O5P+. The van der Waals surface area contributed by atoms with Crippen LogP contribution in [-0.4, -0.2) is 69.8 Å². The average Bonchev–Trinajstić information content (AvgIpc) is 3.14. The first-order chi connectivity index (χ1) is 13.6. The number of likely N-dealkylation sites (tertiary alicyclic amines) is 1. The van der Waals surface area contributed by atoms with Gasteiger partial charge in [-0.2, -0.15) is 0 Å². The second kappa shape index (κ2) is 10.8. The van der Waals surface area contributed by atoms with Crippen LogP contribution in [-0.2, 0) is 14.4 Å². The van der Waals surface area contributed by atoms with E-state index in [0.717, 1.165) is 25.7 Å². The molecule has 2 aliphatic rings. The van der Waals surface area contributed by atoms with Crippen molar-refractivity contribution in [3.05, 3.63) is 0 Å². The third-order valence-electron chi connectivity index (χ3n) is 6.01. The largest absolute Gasteiger partial charge is 0.347 e. The van der Waals surface area contributed by atoms with Crippen molar-refractivity contribution in [3.8, 4) is 0 Å². The minimum absolute atomic E-state index is 0.0243. The summed E-state index contributed by atoms with van der Waals surface area (Å²) in [7, 11) is -3.29. The van der Waals surface area contributed by atoms with Gasteiger partial charge in [0.1, 0.15) is 12.2 Å². The summed E-state index contributed by atoms with van der Waals surface area (Å²) in [5.41, 5.74) is 5.94. The summed E-state index contributed by atoms with van der Waals surface area (Å²) in [6.07, 6.45) is 6.61. The van der Waals surface area contributed by atoms with E-state index in [4.69, 9.17) is 5.73 Å². The first-order valence-corrected chi connectivity index (χ1v) is 12.9. The molecule has 2 amide bonds. The summed E-state index contributed by atoms with van der Waals surface area (Å²) in [4.78, 5) is 59.4. The third-order valence-corrected chi connectivity index (χ3v) is 7.97. The fourth-order valence-electron chi connectivity index (χ4n) is 4.27. The zero-order chi connectivity index (χ0) is 21.6. The number of hydrogen-bond acceptors (Lipinski definition) is 6. The van der Waals surface area contributed by atoms with Crippen LogP contribution in [0.3, 0.4) is 0 Å². The quantitative estimate of drug-likeness (QED) is 0.404. The molecule has 8 nitrogen and oxygen atoms in total. The number of Topliss-reactive ketones (excluding diaryl/α,β-unsaturated/α-hetero) is 1. The molecule has 29 heavy (non-hydrogen) atoms. The van der Waals surface area contributed by atoms with Crippen LogP contribution in [0, 0.1) is 11.8 Å². The molecule has 166 valence electrons. The number of carbonyl (C=O) groups excluding carboxylic acids is 3. The van der Waals surface area contributed by atoms with Gasteiger partial charge in [0, 0.05) is 6.54 Å². The van der Waals surface area contributed by atoms with Gasteiger partial charge < -0.3 is 16.0 Å². The van der Waals surface area contributed by atoms with Crippen LogP contribution < -0.4 is 11.1 Å². The first kappa shape index (κ1) is 24.2. The predicted molar refractivity (Wildman–Crippen MR) is 113 cm³/mol. The van der Waals surface area contributed by atoms with Crippen LogP contribution >= 0.6 is 7.72 Å². The number of rotatable bonds is 9. The smallest absolute Gasteiger partial charge is 0.275 e. The van der Waals surface area contributed by atoms with Gasteiger partial charge in [0.05, 0.1) is 12.6 Å². The van der Waals surface area contributed by atoms with Crippen LogP contribution in [0.1, 0.15) is 58.8 Å². The molecule has 1 saturated carbocycles. The molecule has 0 bridgehead atoms. The lowest BCUT2D eigenvalue weighted by Crippen LogP contribution is -2.53. The Morgan fingerprint density at radius 3 is 2.38 bits per heavy atom. The van der Waals surface area contributed by atoms with Gasteiger partial charge in [-0.3, -0.25) is 14.4 Å². The van der Waals surface area contributed by atoms with Gasteiger partial charge in [-0.05, 0) is 37.5 Å². The number of ketones is 1. The summed E-state index contributed by atoms with van der Waals surface area (Å²) in [6, 6.07) is -1.27. The van der Waals surface area contributed by atoms with Crippen molar-refractivity contribution in [1.29, 1.82) is 0 Å². The summed E-state index contributed by atoms with van der Waals surface area (Å²) >= 11 is 0. The van der Waals surface area contributed by atoms with Crippen molar-refractivity contribution in [2.75, 3.05) is 25.4 Å². The minimum Gasteiger partial charge on any atom is -0.347 e. The van der Waals surface area contributed by atoms with E-state index in [1.54, 1.807) is 0 Å². The number of nitrogens with two attached hydrogens (primary N) is 1. The Hall–Kier alpha value is -1.08. The van der Waals surface area contributed by atoms with Gasteiger partial charge >= 0.3 is 0 Å².